The molecule has 0 radical (unpaired) electrons. The lowest BCUT2D eigenvalue weighted by molar-refractivity contribution is -0.323. The standard InChI is InChI=1S/C59H90O8/c1-45(2)28-18-16-14-13-15-17-19-41-53(60)65-44-52-54(61)55(62)56(63)57(66-52)67-59(11,12)43-27-40-51(8)38-25-36-49(6)34-23-32-47(4)30-21-20-29-46(3)31-22-33-48(5)35-24-37-50(7)39-26-42-58(9,10)64/h20-27,29-40,45,52,54-57,61-64H,13-19,28,41-44H2,1-12H3. The molecule has 0 spiro atoms. The van der Waals surface area contributed by atoms with E-state index in [0.717, 1.165) is 58.6 Å². The summed E-state index contributed by atoms with van der Waals surface area (Å²) >= 11 is 0. The van der Waals surface area contributed by atoms with Gasteiger partial charge in [-0.3, -0.25) is 4.79 Å². The Morgan fingerprint density at radius 2 is 0.955 bits per heavy atom. The second kappa shape index (κ2) is 34.2. The summed E-state index contributed by atoms with van der Waals surface area (Å²) in [5.74, 6) is 0.384. The zero-order chi connectivity index (χ0) is 50.3. The Hall–Kier alpha value is -4.15. The van der Waals surface area contributed by atoms with E-state index in [1.807, 2.05) is 94.5 Å². The summed E-state index contributed by atoms with van der Waals surface area (Å²) in [5, 5.41) is 41.6. The molecule has 1 rings (SSSR count). The molecule has 8 nitrogen and oxygen atoms in total. The SMILES string of the molecule is CC(C=CC=C(C)C=CC=C(C)C=CCC(C)(C)O)=CC=CC=C(C)C=CC=C(C)C=CC=C(C)C=CCC(C)(C)OC1OC(COC(=O)CCCCCCCCCC(C)C)C(O)C(O)C1O. The van der Waals surface area contributed by atoms with Crippen molar-refractivity contribution in [3.63, 3.8) is 0 Å². The number of carbonyl (C=O) groups is 1. The first kappa shape index (κ1) is 60.9. The zero-order valence-corrected chi connectivity index (χ0v) is 43.4. The van der Waals surface area contributed by atoms with Crippen LogP contribution in [0.2, 0.25) is 0 Å². The van der Waals surface area contributed by atoms with Crippen LogP contribution in [0.3, 0.4) is 0 Å². The first-order valence-electron chi connectivity index (χ1n) is 24.6. The van der Waals surface area contributed by atoms with Gasteiger partial charge in [0.25, 0.3) is 0 Å². The molecule has 1 aliphatic rings. The number of hydrogen-bond donors (Lipinski definition) is 4. The first-order valence-corrected chi connectivity index (χ1v) is 24.6. The van der Waals surface area contributed by atoms with Crippen LogP contribution in [0.5, 0.6) is 0 Å². The molecule has 4 N–H and O–H groups in total. The largest absolute Gasteiger partial charge is 0.463 e. The van der Waals surface area contributed by atoms with Crippen molar-refractivity contribution in [2.75, 3.05) is 6.61 Å². The van der Waals surface area contributed by atoms with E-state index in [4.69, 9.17) is 14.2 Å². The minimum absolute atomic E-state index is 0.239. The lowest BCUT2D eigenvalue weighted by atomic mass is 9.98. The Morgan fingerprint density at radius 1 is 0.552 bits per heavy atom. The van der Waals surface area contributed by atoms with E-state index in [0.29, 0.717) is 12.8 Å². The fourth-order valence-electron chi connectivity index (χ4n) is 6.68. The van der Waals surface area contributed by atoms with Crippen LogP contribution < -0.4 is 0 Å². The van der Waals surface area contributed by atoms with Crippen molar-refractivity contribution in [2.45, 2.75) is 196 Å². The maximum atomic E-state index is 12.4. The topological polar surface area (TPSA) is 126 Å². The van der Waals surface area contributed by atoms with Crippen molar-refractivity contribution in [2.24, 2.45) is 5.92 Å². The quantitative estimate of drug-likeness (QED) is 0.0319. The first-order chi connectivity index (χ1) is 31.6. The van der Waals surface area contributed by atoms with E-state index in [1.165, 1.54) is 32.1 Å². The van der Waals surface area contributed by atoms with Crippen LogP contribution in [0, 0.1) is 5.92 Å². The summed E-state index contributed by atoms with van der Waals surface area (Å²) in [4.78, 5) is 12.4. The lowest BCUT2D eigenvalue weighted by Crippen LogP contribution is -2.60. The van der Waals surface area contributed by atoms with Crippen LogP contribution in [0.25, 0.3) is 0 Å². The molecule has 8 heteroatoms. The van der Waals surface area contributed by atoms with E-state index in [1.54, 1.807) is 13.8 Å². The molecule has 0 aromatic carbocycles. The second-order valence-electron chi connectivity index (χ2n) is 19.8. The fraction of sp³-hybridized carbons (Fsp3) is 0.542. The third-order valence-corrected chi connectivity index (χ3v) is 10.9. The summed E-state index contributed by atoms with van der Waals surface area (Å²) < 4.78 is 17.4. The molecule has 5 atom stereocenters. The number of aliphatic hydroxyl groups excluding tert-OH is 3. The Balaban J connectivity index is 2.56. The van der Waals surface area contributed by atoms with Crippen LogP contribution >= 0.6 is 0 Å². The summed E-state index contributed by atoms with van der Waals surface area (Å²) in [5.41, 5.74) is 5.25. The Morgan fingerprint density at radius 3 is 1.40 bits per heavy atom. The van der Waals surface area contributed by atoms with Gasteiger partial charge in [-0.2, -0.15) is 0 Å². The highest BCUT2D eigenvalue weighted by molar-refractivity contribution is 5.69. The smallest absolute Gasteiger partial charge is 0.305 e. The predicted molar refractivity (Wildman–Crippen MR) is 281 cm³/mol. The predicted octanol–water partition coefficient (Wildman–Crippen LogP) is 13.4. The number of allylic oxidation sites excluding steroid dienone is 24. The van der Waals surface area contributed by atoms with E-state index < -0.39 is 41.9 Å². The van der Waals surface area contributed by atoms with Crippen LogP contribution in [0.15, 0.2) is 155 Å². The summed E-state index contributed by atoms with van der Waals surface area (Å²) in [6, 6.07) is 0. The summed E-state index contributed by atoms with van der Waals surface area (Å²) in [6.45, 7) is 23.9. The molecule has 0 aromatic rings. The number of carbonyl (C=O) groups excluding carboxylic acids is 1. The van der Waals surface area contributed by atoms with Gasteiger partial charge in [0.15, 0.2) is 6.29 Å². The molecule has 0 aliphatic carbocycles. The van der Waals surface area contributed by atoms with Gasteiger partial charge in [-0.1, -0.05) is 214 Å². The molecule has 0 amide bonds. The zero-order valence-electron chi connectivity index (χ0n) is 43.4. The number of ether oxygens (including phenoxy) is 3. The van der Waals surface area contributed by atoms with Gasteiger partial charge >= 0.3 is 5.97 Å². The molecule has 1 saturated heterocycles. The Labute approximate surface area is 407 Å². The van der Waals surface area contributed by atoms with Gasteiger partial charge in [-0.25, -0.2) is 0 Å². The van der Waals surface area contributed by atoms with Crippen LogP contribution in [0.1, 0.15) is 154 Å². The molecular weight excluding hydrogens is 837 g/mol. The molecule has 0 saturated carbocycles. The molecule has 374 valence electrons. The number of hydrogen-bond acceptors (Lipinski definition) is 8. The van der Waals surface area contributed by atoms with Crippen LogP contribution in [-0.2, 0) is 19.0 Å². The molecule has 5 unspecified atom stereocenters. The third kappa shape index (κ3) is 32.3. The molecule has 1 heterocycles. The van der Waals surface area contributed by atoms with Gasteiger partial charge in [-0.15, -0.1) is 0 Å². The van der Waals surface area contributed by atoms with Gasteiger partial charge in [0, 0.05) is 6.42 Å². The van der Waals surface area contributed by atoms with Crippen molar-refractivity contribution >= 4 is 5.97 Å². The average molecular weight is 927 g/mol. The van der Waals surface area contributed by atoms with E-state index >= 15 is 0 Å². The Kier molecular flexibility index (Phi) is 31.1. The average Bonchev–Trinajstić information content (AvgIpc) is 3.23. The lowest BCUT2D eigenvalue weighted by Gasteiger charge is -2.42. The number of rotatable bonds is 30. The molecule has 1 fully saturated rings. The molecule has 0 aromatic heterocycles. The minimum atomic E-state index is -1.51. The minimum Gasteiger partial charge on any atom is -0.463 e. The number of esters is 1. The van der Waals surface area contributed by atoms with Gasteiger partial charge in [0.1, 0.15) is 31.0 Å². The monoisotopic (exact) mass is 927 g/mol. The molecular formula is C59H90O8. The summed E-state index contributed by atoms with van der Waals surface area (Å²) in [6.07, 6.45) is 44.7. The highest BCUT2D eigenvalue weighted by atomic mass is 16.7. The van der Waals surface area contributed by atoms with Crippen LogP contribution in [0.4, 0.5) is 0 Å². The van der Waals surface area contributed by atoms with Gasteiger partial charge in [-0.05, 0) is 94.4 Å². The molecule has 1 aliphatic heterocycles. The van der Waals surface area contributed by atoms with Gasteiger partial charge in [0.05, 0.1) is 11.2 Å². The summed E-state index contributed by atoms with van der Waals surface area (Å²) in [7, 11) is 0. The normalized spacial score (nSPS) is 21.7. The third-order valence-electron chi connectivity index (χ3n) is 10.9. The van der Waals surface area contributed by atoms with E-state index in [9.17, 15) is 25.2 Å². The number of aliphatic hydroxyl groups is 4. The number of unbranched alkanes of at least 4 members (excludes halogenated alkanes) is 6. The van der Waals surface area contributed by atoms with E-state index in [-0.39, 0.29) is 19.0 Å². The van der Waals surface area contributed by atoms with Gasteiger partial charge in [0.2, 0.25) is 0 Å². The fourth-order valence-corrected chi connectivity index (χ4v) is 6.68. The van der Waals surface area contributed by atoms with Gasteiger partial charge < -0.3 is 34.6 Å². The maximum absolute atomic E-state index is 12.4. The Bertz CT molecular complexity index is 1850. The molecule has 0 bridgehead atoms. The van der Waals surface area contributed by atoms with Crippen molar-refractivity contribution in [1.82, 2.24) is 0 Å². The van der Waals surface area contributed by atoms with Crippen molar-refractivity contribution < 1.29 is 39.4 Å². The van der Waals surface area contributed by atoms with Crippen LogP contribution in [-0.4, -0.2) is 74.9 Å². The second-order valence-corrected chi connectivity index (χ2v) is 19.8. The van der Waals surface area contributed by atoms with E-state index in [2.05, 4.69) is 96.2 Å². The highest BCUT2D eigenvalue weighted by Crippen LogP contribution is 2.28. The van der Waals surface area contributed by atoms with Crippen molar-refractivity contribution in [3.8, 4) is 0 Å². The molecule has 67 heavy (non-hydrogen) atoms. The van der Waals surface area contributed by atoms with Crippen molar-refractivity contribution in [1.29, 1.82) is 0 Å². The maximum Gasteiger partial charge on any atom is 0.305 e. The van der Waals surface area contributed by atoms with Crippen molar-refractivity contribution in [3.05, 3.63) is 155 Å². The highest BCUT2D eigenvalue weighted by Gasteiger charge is 2.46.